The zero-order valence-electron chi connectivity index (χ0n) is 7.98. The molecule has 2 aromatic rings. The van der Waals surface area contributed by atoms with Crippen LogP contribution >= 0.6 is 0 Å². The molecule has 2 heterocycles. The number of carboxylic acid groups (broad SMARTS) is 1. The summed E-state index contributed by atoms with van der Waals surface area (Å²) in [5, 5.41) is 8.95. The molecule has 0 aliphatic carbocycles. The minimum absolute atomic E-state index is 0.327. The maximum absolute atomic E-state index is 10.9. The summed E-state index contributed by atoms with van der Waals surface area (Å²) < 4.78 is 1.79. The zero-order chi connectivity index (χ0) is 10.3. The summed E-state index contributed by atoms with van der Waals surface area (Å²) in [6.07, 6.45) is 3.44. The van der Waals surface area contributed by atoms with E-state index in [1.54, 1.807) is 29.8 Å². The van der Waals surface area contributed by atoms with E-state index in [9.17, 15) is 4.79 Å². The lowest BCUT2D eigenvalue weighted by Gasteiger charge is -2.06. The van der Waals surface area contributed by atoms with Crippen molar-refractivity contribution in [3.63, 3.8) is 0 Å². The molecule has 0 saturated carbocycles. The van der Waals surface area contributed by atoms with E-state index in [4.69, 9.17) is 5.11 Å². The first-order valence-electron chi connectivity index (χ1n) is 4.28. The van der Waals surface area contributed by atoms with Crippen molar-refractivity contribution in [3.05, 3.63) is 35.3 Å². The molecule has 4 heteroatoms. The van der Waals surface area contributed by atoms with E-state index in [0.717, 1.165) is 11.2 Å². The number of aryl methyl sites for hydroxylation is 2. The number of imidazole rings is 1. The molecule has 0 aliphatic heterocycles. The average Bonchev–Trinajstić information content (AvgIpc) is 2.59. The first-order chi connectivity index (χ1) is 6.61. The molecule has 0 radical (unpaired) electrons. The molecule has 0 amide bonds. The number of hydrogen-bond donors (Lipinski definition) is 1. The molecule has 0 atom stereocenters. The number of rotatable bonds is 1. The highest BCUT2D eigenvalue weighted by Crippen LogP contribution is 2.15. The van der Waals surface area contributed by atoms with E-state index >= 15 is 0 Å². The van der Waals surface area contributed by atoms with Crippen molar-refractivity contribution in [1.82, 2.24) is 9.38 Å². The molecule has 0 spiro atoms. The summed E-state index contributed by atoms with van der Waals surface area (Å²) in [6.45, 7) is 3.63. The Balaban J connectivity index is 2.88. The van der Waals surface area contributed by atoms with Gasteiger partial charge in [0, 0.05) is 18.1 Å². The van der Waals surface area contributed by atoms with Crippen molar-refractivity contribution in [1.29, 1.82) is 0 Å². The molecule has 0 unspecified atom stereocenters. The number of aromatic nitrogens is 2. The minimum atomic E-state index is -0.902. The van der Waals surface area contributed by atoms with Crippen molar-refractivity contribution >= 4 is 11.6 Å². The van der Waals surface area contributed by atoms with Gasteiger partial charge in [-0.2, -0.15) is 0 Å². The van der Waals surface area contributed by atoms with Gasteiger partial charge in [-0.25, -0.2) is 9.78 Å². The van der Waals surface area contributed by atoms with Crippen LogP contribution < -0.4 is 0 Å². The van der Waals surface area contributed by atoms with Gasteiger partial charge in [0.05, 0.1) is 5.56 Å². The van der Waals surface area contributed by atoms with Crippen LogP contribution in [-0.2, 0) is 0 Å². The smallest absolute Gasteiger partial charge is 0.337 e. The molecule has 4 nitrogen and oxygen atoms in total. The van der Waals surface area contributed by atoms with Gasteiger partial charge in [0.15, 0.2) is 0 Å². The van der Waals surface area contributed by atoms with Gasteiger partial charge in [-0.3, -0.25) is 0 Å². The number of fused-ring (bicyclic) bond motifs is 1. The molecule has 0 aromatic carbocycles. The normalized spacial score (nSPS) is 10.7. The van der Waals surface area contributed by atoms with Crippen LogP contribution in [-0.4, -0.2) is 20.5 Å². The topological polar surface area (TPSA) is 54.6 Å². The number of carbonyl (C=O) groups is 1. The third kappa shape index (κ3) is 1.08. The Morgan fingerprint density at radius 2 is 2.21 bits per heavy atom. The Kier molecular flexibility index (Phi) is 1.77. The largest absolute Gasteiger partial charge is 0.478 e. The summed E-state index contributed by atoms with van der Waals surface area (Å²) in [4.78, 5) is 15.1. The zero-order valence-corrected chi connectivity index (χ0v) is 7.98. The van der Waals surface area contributed by atoms with Gasteiger partial charge < -0.3 is 9.51 Å². The van der Waals surface area contributed by atoms with Crippen LogP contribution in [0.15, 0.2) is 18.5 Å². The summed E-state index contributed by atoms with van der Waals surface area (Å²) in [5.74, 6) is -0.902. The van der Waals surface area contributed by atoms with E-state index in [2.05, 4.69) is 4.98 Å². The van der Waals surface area contributed by atoms with Gasteiger partial charge in [0.2, 0.25) is 0 Å². The van der Waals surface area contributed by atoms with Crippen molar-refractivity contribution in [2.45, 2.75) is 13.8 Å². The van der Waals surface area contributed by atoms with Crippen molar-refractivity contribution in [2.75, 3.05) is 0 Å². The van der Waals surface area contributed by atoms with Gasteiger partial charge in [0.25, 0.3) is 0 Å². The van der Waals surface area contributed by atoms with E-state index in [0.29, 0.717) is 11.3 Å². The second-order valence-electron chi connectivity index (χ2n) is 3.25. The van der Waals surface area contributed by atoms with Crippen molar-refractivity contribution in [3.8, 4) is 0 Å². The minimum Gasteiger partial charge on any atom is -0.478 e. The summed E-state index contributed by atoms with van der Waals surface area (Å²) >= 11 is 0. The monoisotopic (exact) mass is 190 g/mol. The van der Waals surface area contributed by atoms with Gasteiger partial charge in [0.1, 0.15) is 5.65 Å². The predicted octanol–water partition coefficient (Wildman–Crippen LogP) is 1.65. The van der Waals surface area contributed by atoms with Crippen LogP contribution in [0.2, 0.25) is 0 Å². The first-order valence-corrected chi connectivity index (χ1v) is 4.28. The lowest BCUT2D eigenvalue weighted by atomic mass is 10.1. The van der Waals surface area contributed by atoms with E-state index in [-0.39, 0.29) is 0 Å². The molecule has 14 heavy (non-hydrogen) atoms. The number of pyridine rings is 1. The highest BCUT2D eigenvalue weighted by atomic mass is 16.4. The molecule has 2 aromatic heterocycles. The number of carboxylic acids is 1. The fourth-order valence-electron chi connectivity index (χ4n) is 1.60. The second-order valence-corrected chi connectivity index (χ2v) is 3.25. The molecule has 1 N–H and O–H groups in total. The van der Waals surface area contributed by atoms with E-state index < -0.39 is 5.97 Å². The molecule has 72 valence electrons. The number of hydrogen-bond acceptors (Lipinski definition) is 2. The van der Waals surface area contributed by atoms with Crippen molar-refractivity contribution < 1.29 is 9.90 Å². The summed E-state index contributed by atoms with van der Waals surface area (Å²) in [6, 6.07) is 1.65. The SMILES string of the molecule is Cc1cc(C(=O)O)c(C)n2ccnc12. The van der Waals surface area contributed by atoms with Gasteiger partial charge >= 0.3 is 5.97 Å². The molecule has 0 fully saturated rings. The Morgan fingerprint density at radius 1 is 1.50 bits per heavy atom. The number of nitrogens with zero attached hydrogens (tertiary/aromatic N) is 2. The molecule has 0 bridgehead atoms. The Hall–Kier alpha value is -1.84. The summed E-state index contributed by atoms with van der Waals surface area (Å²) in [5.41, 5.74) is 2.72. The predicted molar refractivity (Wildman–Crippen MR) is 51.6 cm³/mol. The molecule has 0 saturated heterocycles. The lowest BCUT2D eigenvalue weighted by molar-refractivity contribution is 0.0695. The van der Waals surface area contributed by atoms with Gasteiger partial charge in [-0.1, -0.05) is 0 Å². The van der Waals surface area contributed by atoms with Crippen LogP contribution in [0.4, 0.5) is 0 Å². The quantitative estimate of drug-likeness (QED) is 0.743. The first kappa shape index (κ1) is 8.74. The maximum atomic E-state index is 10.9. The van der Waals surface area contributed by atoms with Crippen LogP contribution in [0.25, 0.3) is 5.65 Å². The third-order valence-electron chi connectivity index (χ3n) is 2.34. The average molecular weight is 190 g/mol. The van der Waals surface area contributed by atoms with Crippen molar-refractivity contribution in [2.24, 2.45) is 0 Å². The maximum Gasteiger partial charge on any atom is 0.337 e. The third-order valence-corrected chi connectivity index (χ3v) is 2.34. The molecular weight excluding hydrogens is 180 g/mol. The lowest BCUT2D eigenvalue weighted by Crippen LogP contribution is -2.05. The van der Waals surface area contributed by atoms with Crippen LogP contribution in [0.3, 0.4) is 0 Å². The van der Waals surface area contributed by atoms with Gasteiger partial charge in [-0.15, -0.1) is 0 Å². The fourth-order valence-corrected chi connectivity index (χ4v) is 1.60. The standard InChI is InChI=1S/C10H10N2O2/c1-6-5-8(10(13)14)7(2)12-4-3-11-9(6)12/h3-5H,1-2H3,(H,13,14). The van der Waals surface area contributed by atoms with E-state index in [1.807, 2.05) is 6.92 Å². The van der Waals surface area contributed by atoms with Crippen LogP contribution in [0, 0.1) is 13.8 Å². The Bertz CT molecular complexity index is 514. The second kappa shape index (κ2) is 2.83. The Labute approximate surface area is 80.8 Å². The summed E-state index contributed by atoms with van der Waals surface area (Å²) in [7, 11) is 0. The van der Waals surface area contributed by atoms with Crippen LogP contribution in [0.1, 0.15) is 21.6 Å². The fraction of sp³-hybridized carbons (Fsp3) is 0.200. The van der Waals surface area contributed by atoms with E-state index in [1.165, 1.54) is 0 Å². The molecule has 2 rings (SSSR count). The number of aromatic carboxylic acids is 1. The highest BCUT2D eigenvalue weighted by Gasteiger charge is 2.12. The molecule has 0 aliphatic rings. The Morgan fingerprint density at radius 3 is 2.86 bits per heavy atom. The highest BCUT2D eigenvalue weighted by molar-refractivity contribution is 5.89. The molecular formula is C10H10N2O2. The van der Waals surface area contributed by atoms with Crippen LogP contribution in [0.5, 0.6) is 0 Å². The van der Waals surface area contributed by atoms with Gasteiger partial charge in [-0.05, 0) is 25.5 Å².